The monoisotopic (exact) mass is 336 g/mol. The highest BCUT2D eigenvalue weighted by molar-refractivity contribution is 9.10. The molecule has 0 bridgehead atoms. The fourth-order valence-corrected chi connectivity index (χ4v) is 3.01. The number of sulfone groups is 1. The summed E-state index contributed by atoms with van der Waals surface area (Å²) in [6.07, 6.45) is 0.918. The van der Waals surface area contributed by atoms with Gasteiger partial charge < -0.3 is 14.2 Å². The molecule has 0 saturated carbocycles. The van der Waals surface area contributed by atoms with E-state index in [2.05, 4.69) is 15.9 Å². The molecule has 7 heteroatoms. The minimum Gasteiger partial charge on any atom is -0.485 e. The molecule has 0 fully saturated rings. The van der Waals surface area contributed by atoms with E-state index in [0.717, 1.165) is 6.26 Å². The second kappa shape index (κ2) is 5.07. The van der Waals surface area contributed by atoms with E-state index >= 15 is 0 Å². The van der Waals surface area contributed by atoms with Gasteiger partial charge in [0.05, 0.1) is 16.0 Å². The lowest BCUT2D eigenvalue weighted by molar-refractivity contribution is 0.0265. The van der Waals surface area contributed by atoms with E-state index in [1.807, 2.05) is 0 Å². The summed E-state index contributed by atoms with van der Waals surface area (Å²) in [4.78, 5) is 0.190. The Labute approximate surface area is 114 Å². The van der Waals surface area contributed by atoms with Crippen LogP contribution in [0.15, 0.2) is 21.5 Å². The summed E-state index contributed by atoms with van der Waals surface area (Å²) in [5.74, 6) is 0.938. The molecule has 1 aliphatic rings. The number of hydrogen-bond acceptors (Lipinski definition) is 5. The summed E-state index contributed by atoms with van der Waals surface area (Å²) in [6.45, 7) is 0.762. The summed E-state index contributed by atoms with van der Waals surface area (Å²) in [6, 6.07) is 2.98. The van der Waals surface area contributed by atoms with Crippen LogP contribution in [0.1, 0.15) is 0 Å². The normalized spacial score (nSPS) is 18.7. The van der Waals surface area contributed by atoms with Gasteiger partial charge in [0.2, 0.25) is 0 Å². The summed E-state index contributed by atoms with van der Waals surface area (Å²) in [5.41, 5.74) is 0. The molecule has 1 heterocycles. The number of benzene rings is 1. The van der Waals surface area contributed by atoms with E-state index in [9.17, 15) is 8.42 Å². The zero-order valence-corrected chi connectivity index (χ0v) is 12.4. The molecule has 0 N–H and O–H groups in total. The Bertz CT molecular complexity index is 555. The van der Waals surface area contributed by atoms with Crippen molar-refractivity contribution in [2.45, 2.75) is 11.0 Å². The average molecular weight is 337 g/mol. The van der Waals surface area contributed by atoms with Crippen molar-refractivity contribution in [3.05, 3.63) is 16.6 Å². The van der Waals surface area contributed by atoms with Gasteiger partial charge in [-0.25, -0.2) is 8.42 Å². The Kier molecular flexibility index (Phi) is 3.84. The first-order chi connectivity index (χ1) is 8.41. The van der Waals surface area contributed by atoms with E-state index < -0.39 is 9.84 Å². The molecule has 0 saturated heterocycles. The van der Waals surface area contributed by atoms with Crippen molar-refractivity contribution in [2.24, 2.45) is 0 Å². The minimum absolute atomic E-state index is 0.190. The first kappa shape index (κ1) is 13.6. The van der Waals surface area contributed by atoms with Gasteiger partial charge in [0.15, 0.2) is 27.4 Å². The van der Waals surface area contributed by atoms with Crippen molar-refractivity contribution in [2.75, 3.05) is 26.6 Å². The molecule has 1 aromatic carbocycles. The van der Waals surface area contributed by atoms with E-state index in [1.165, 1.54) is 12.1 Å². The van der Waals surface area contributed by atoms with Gasteiger partial charge in [-0.1, -0.05) is 0 Å². The van der Waals surface area contributed by atoms with E-state index in [4.69, 9.17) is 14.2 Å². The molecule has 0 aliphatic carbocycles. The molecule has 0 radical (unpaired) electrons. The third-order valence-electron chi connectivity index (χ3n) is 2.47. The largest absolute Gasteiger partial charge is 0.485 e. The van der Waals surface area contributed by atoms with Crippen LogP contribution in [0.5, 0.6) is 11.5 Å². The standard InChI is InChI=1S/C11H13BrO5S/c1-15-5-7-6-16-11-9(12)3-8(18(2,13)14)4-10(11)17-7/h3-4,7H,5-6H2,1-2H3. The zero-order chi connectivity index (χ0) is 13.3. The zero-order valence-electron chi connectivity index (χ0n) is 9.97. The molecule has 18 heavy (non-hydrogen) atoms. The summed E-state index contributed by atoms with van der Waals surface area (Å²) in [7, 11) is -1.71. The maximum Gasteiger partial charge on any atom is 0.175 e. The van der Waals surface area contributed by atoms with Gasteiger partial charge in [-0.15, -0.1) is 0 Å². The van der Waals surface area contributed by atoms with Crippen LogP contribution in [0.4, 0.5) is 0 Å². The van der Waals surface area contributed by atoms with Gasteiger partial charge in [0.25, 0.3) is 0 Å². The fourth-order valence-electron chi connectivity index (χ4n) is 1.64. The Morgan fingerprint density at radius 1 is 1.50 bits per heavy atom. The lowest BCUT2D eigenvalue weighted by Crippen LogP contribution is -2.33. The van der Waals surface area contributed by atoms with Crippen molar-refractivity contribution in [3.63, 3.8) is 0 Å². The van der Waals surface area contributed by atoms with Crippen molar-refractivity contribution < 1.29 is 22.6 Å². The van der Waals surface area contributed by atoms with E-state index in [-0.39, 0.29) is 11.0 Å². The second-order valence-electron chi connectivity index (χ2n) is 4.01. The Hall–Kier alpha value is -0.790. The van der Waals surface area contributed by atoms with Crippen molar-refractivity contribution in [3.8, 4) is 11.5 Å². The Morgan fingerprint density at radius 2 is 2.22 bits per heavy atom. The van der Waals surface area contributed by atoms with Crippen LogP contribution < -0.4 is 9.47 Å². The van der Waals surface area contributed by atoms with Crippen LogP contribution in [0.3, 0.4) is 0 Å². The molecular formula is C11H13BrO5S. The van der Waals surface area contributed by atoms with Crippen molar-refractivity contribution in [1.82, 2.24) is 0 Å². The molecular weight excluding hydrogens is 324 g/mol. The SMILES string of the molecule is COCC1COc2c(Br)cc(S(C)(=O)=O)cc2O1. The highest BCUT2D eigenvalue weighted by Crippen LogP contribution is 2.40. The maximum absolute atomic E-state index is 11.5. The Morgan fingerprint density at radius 3 is 2.83 bits per heavy atom. The quantitative estimate of drug-likeness (QED) is 0.839. The molecule has 1 atom stereocenters. The number of halogens is 1. The third kappa shape index (κ3) is 2.78. The highest BCUT2D eigenvalue weighted by atomic mass is 79.9. The van der Waals surface area contributed by atoms with Crippen LogP contribution in [-0.4, -0.2) is 41.1 Å². The van der Waals surface area contributed by atoms with Crippen LogP contribution in [0.2, 0.25) is 0 Å². The molecule has 1 aliphatic heterocycles. The van der Waals surface area contributed by atoms with Crippen LogP contribution in [0, 0.1) is 0 Å². The number of fused-ring (bicyclic) bond motifs is 1. The van der Waals surface area contributed by atoms with Crippen molar-refractivity contribution >= 4 is 25.8 Å². The smallest absolute Gasteiger partial charge is 0.175 e. The molecule has 100 valence electrons. The lowest BCUT2D eigenvalue weighted by atomic mass is 10.2. The molecule has 5 nitrogen and oxygen atoms in total. The van der Waals surface area contributed by atoms with Crippen LogP contribution in [0.25, 0.3) is 0 Å². The van der Waals surface area contributed by atoms with Crippen molar-refractivity contribution in [1.29, 1.82) is 0 Å². The number of rotatable bonds is 3. The fraction of sp³-hybridized carbons (Fsp3) is 0.455. The molecule has 1 unspecified atom stereocenters. The number of methoxy groups -OCH3 is 1. The van der Waals surface area contributed by atoms with E-state index in [0.29, 0.717) is 29.2 Å². The average Bonchev–Trinajstić information content (AvgIpc) is 2.27. The molecule has 0 spiro atoms. The van der Waals surface area contributed by atoms with Gasteiger partial charge >= 0.3 is 0 Å². The summed E-state index contributed by atoms with van der Waals surface area (Å²) >= 11 is 3.28. The third-order valence-corrected chi connectivity index (χ3v) is 4.15. The predicted molar refractivity (Wildman–Crippen MR) is 69.0 cm³/mol. The van der Waals surface area contributed by atoms with E-state index in [1.54, 1.807) is 7.11 Å². The second-order valence-corrected chi connectivity index (χ2v) is 6.88. The molecule has 0 amide bonds. The highest BCUT2D eigenvalue weighted by Gasteiger charge is 2.25. The van der Waals surface area contributed by atoms with Gasteiger partial charge in [0.1, 0.15) is 6.61 Å². The van der Waals surface area contributed by atoms with Gasteiger partial charge in [-0.3, -0.25) is 0 Å². The molecule has 0 aromatic heterocycles. The Balaban J connectivity index is 2.40. The van der Waals surface area contributed by atoms with Gasteiger partial charge in [-0.2, -0.15) is 0 Å². The first-order valence-electron chi connectivity index (χ1n) is 5.24. The van der Waals surface area contributed by atoms with Crippen LogP contribution >= 0.6 is 15.9 Å². The van der Waals surface area contributed by atoms with Gasteiger partial charge in [0, 0.05) is 19.4 Å². The topological polar surface area (TPSA) is 61.8 Å². The predicted octanol–water partition coefficient (Wildman–Crippen LogP) is 1.64. The minimum atomic E-state index is -3.29. The van der Waals surface area contributed by atoms with Crippen LogP contribution in [-0.2, 0) is 14.6 Å². The number of hydrogen-bond donors (Lipinski definition) is 0. The lowest BCUT2D eigenvalue weighted by Gasteiger charge is -2.27. The molecule has 1 aromatic rings. The summed E-state index contributed by atoms with van der Waals surface area (Å²) < 4.78 is 39.8. The molecule has 2 rings (SSSR count). The maximum atomic E-state index is 11.5. The first-order valence-corrected chi connectivity index (χ1v) is 7.92. The van der Waals surface area contributed by atoms with Gasteiger partial charge in [-0.05, 0) is 22.0 Å². The summed E-state index contributed by atoms with van der Waals surface area (Å²) in [5, 5.41) is 0. The number of ether oxygens (including phenoxy) is 3.